The average molecular weight is 577 g/mol. The van der Waals surface area contributed by atoms with Crippen molar-refractivity contribution in [2.45, 2.75) is 13.5 Å². The maximum Gasteiger partial charge on any atom is 0.281 e. The van der Waals surface area contributed by atoms with Crippen LogP contribution in [-0.2, 0) is 11.3 Å². The molecule has 0 spiro atoms. The molecule has 188 valence electrons. The van der Waals surface area contributed by atoms with E-state index in [1.54, 1.807) is 9.80 Å². The number of nitrogens with zero attached hydrogens (tertiary/aromatic N) is 3. The van der Waals surface area contributed by atoms with E-state index in [1.165, 1.54) is 0 Å². The summed E-state index contributed by atoms with van der Waals surface area (Å²) in [6.07, 6.45) is 3.97. The van der Waals surface area contributed by atoms with E-state index in [-0.39, 0.29) is 5.91 Å². The molecular formula is C29H26BrN3O3S. The highest BCUT2D eigenvalue weighted by atomic mass is 79.9. The molecule has 1 amide bonds. The van der Waals surface area contributed by atoms with Gasteiger partial charge in [-0.2, -0.15) is 0 Å². The topological polar surface area (TPSA) is 46.9 Å². The van der Waals surface area contributed by atoms with Crippen molar-refractivity contribution >= 4 is 61.8 Å². The van der Waals surface area contributed by atoms with Gasteiger partial charge in [0.25, 0.3) is 5.91 Å². The molecule has 0 N–H and O–H groups in total. The molecule has 0 bridgehead atoms. The molecule has 2 heterocycles. The van der Waals surface area contributed by atoms with Crippen molar-refractivity contribution in [2.24, 2.45) is 0 Å². The molecule has 0 saturated carbocycles. The Hall–Kier alpha value is -3.62. The number of halogens is 1. The Labute approximate surface area is 229 Å². The van der Waals surface area contributed by atoms with Gasteiger partial charge in [-0.15, -0.1) is 0 Å². The third kappa shape index (κ3) is 5.12. The molecule has 4 aromatic rings. The van der Waals surface area contributed by atoms with Gasteiger partial charge in [0.15, 0.2) is 5.11 Å². The minimum atomic E-state index is -0.167. The highest BCUT2D eigenvalue weighted by molar-refractivity contribution is 9.10. The number of para-hydroxylation sites is 1. The lowest BCUT2D eigenvalue weighted by Gasteiger charge is -2.16. The molecular weight excluding hydrogens is 550 g/mol. The molecule has 8 heteroatoms. The number of thiocarbonyl (C=S) groups is 1. The van der Waals surface area contributed by atoms with Crippen molar-refractivity contribution < 1.29 is 14.3 Å². The first-order chi connectivity index (χ1) is 18.0. The van der Waals surface area contributed by atoms with Crippen LogP contribution in [0.5, 0.6) is 11.5 Å². The van der Waals surface area contributed by atoms with E-state index in [1.807, 2.05) is 80.7 Å². The van der Waals surface area contributed by atoms with Gasteiger partial charge in [-0.1, -0.05) is 34.1 Å². The molecule has 0 unspecified atom stereocenters. The molecule has 3 aromatic carbocycles. The molecule has 1 aliphatic rings. The zero-order chi connectivity index (χ0) is 25.9. The van der Waals surface area contributed by atoms with Gasteiger partial charge >= 0.3 is 0 Å². The Morgan fingerprint density at radius 2 is 1.70 bits per heavy atom. The van der Waals surface area contributed by atoms with Crippen LogP contribution in [0.3, 0.4) is 0 Å². The summed E-state index contributed by atoms with van der Waals surface area (Å²) in [4.78, 5) is 16.9. The number of anilines is 1. The van der Waals surface area contributed by atoms with E-state index in [0.29, 0.717) is 36.3 Å². The van der Waals surface area contributed by atoms with Gasteiger partial charge in [0.1, 0.15) is 23.8 Å². The molecule has 6 nitrogen and oxygen atoms in total. The Balaban J connectivity index is 1.44. The monoisotopic (exact) mass is 575 g/mol. The average Bonchev–Trinajstić information content (AvgIpc) is 3.34. The fraction of sp³-hybridized carbons (Fsp3) is 0.172. The van der Waals surface area contributed by atoms with Crippen LogP contribution >= 0.6 is 28.1 Å². The van der Waals surface area contributed by atoms with Gasteiger partial charge < -0.3 is 18.9 Å². The number of fused-ring (bicyclic) bond motifs is 1. The molecule has 1 aromatic heterocycles. The van der Waals surface area contributed by atoms with Gasteiger partial charge in [0.05, 0.1) is 18.8 Å². The van der Waals surface area contributed by atoms with Crippen molar-refractivity contribution in [2.75, 3.05) is 25.2 Å². The quantitative estimate of drug-likeness (QED) is 0.177. The Morgan fingerprint density at radius 1 is 0.973 bits per heavy atom. The Morgan fingerprint density at radius 3 is 2.43 bits per heavy atom. The van der Waals surface area contributed by atoms with Crippen LogP contribution in [0.4, 0.5) is 5.69 Å². The lowest BCUT2D eigenvalue weighted by atomic mass is 10.1. The zero-order valence-corrected chi connectivity index (χ0v) is 23.0. The molecule has 1 saturated heterocycles. The summed E-state index contributed by atoms with van der Waals surface area (Å²) < 4.78 is 14.6. The van der Waals surface area contributed by atoms with Crippen LogP contribution in [0.25, 0.3) is 17.0 Å². The van der Waals surface area contributed by atoms with Crippen LogP contribution in [0.1, 0.15) is 12.5 Å². The summed E-state index contributed by atoms with van der Waals surface area (Å²) in [5.74, 6) is 1.42. The summed E-state index contributed by atoms with van der Waals surface area (Å²) in [7, 11) is 1.82. The fourth-order valence-electron chi connectivity index (χ4n) is 4.37. The molecule has 0 aliphatic carbocycles. The first-order valence-electron chi connectivity index (χ1n) is 12.0. The fourth-order valence-corrected chi connectivity index (χ4v) is 5.01. The SMILES string of the molecule is CCOc1ccc(N2C(=O)/C(=C/c3cn(CCOc4ccccc4)c4ccc(Br)cc34)N(C)C2=S)cc1. The second kappa shape index (κ2) is 10.8. The zero-order valence-electron chi connectivity index (χ0n) is 20.6. The number of likely N-dealkylation sites (N-methyl/N-ethyl adjacent to an activating group) is 1. The van der Waals surface area contributed by atoms with E-state index < -0.39 is 0 Å². The van der Waals surface area contributed by atoms with E-state index in [9.17, 15) is 4.79 Å². The second-order valence-corrected chi connectivity index (χ2v) is 9.82. The van der Waals surface area contributed by atoms with Crippen molar-refractivity contribution in [3.63, 3.8) is 0 Å². The molecule has 0 radical (unpaired) electrons. The summed E-state index contributed by atoms with van der Waals surface area (Å²) in [6, 6.07) is 23.3. The number of hydrogen-bond acceptors (Lipinski definition) is 4. The third-order valence-corrected chi connectivity index (χ3v) is 7.13. The van der Waals surface area contributed by atoms with Crippen LogP contribution in [-0.4, -0.2) is 40.7 Å². The number of carbonyl (C=O) groups excluding carboxylic acids is 1. The number of benzene rings is 3. The number of amides is 1. The minimum absolute atomic E-state index is 0.167. The maximum absolute atomic E-state index is 13.5. The van der Waals surface area contributed by atoms with Gasteiger partial charge in [0.2, 0.25) is 0 Å². The first kappa shape index (κ1) is 25.0. The number of rotatable bonds is 8. The van der Waals surface area contributed by atoms with Gasteiger partial charge in [-0.05, 0) is 79.8 Å². The lowest BCUT2D eigenvalue weighted by molar-refractivity contribution is -0.114. The van der Waals surface area contributed by atoms with E-state index >= 15 is 0 Å². The summed E-state index contributed by atoms with van der Waals surface area (Å²) in [6.45, 7) is 3.70. The predicted molar refractivity (Wildman–Crippen MR) is 155 cm³/mol. The molecule has 5 rings (SSSR count). The summed E-state index contributed by atoms with van der Waals surface area (Å²) in [5, 5.41) is 1.47. The largest absolute Gasteiger partial charge is 0.494 e. The Kier molecular flexibility index (Phi) is 7.30. The summed E-state index contributed by atoms with van der Waals surface area (Å²) >= 11 is 9.25. The van der Waals surface area contributed by atoms with Crippen molar-refractivity contribution in [1.82, 2.24) is 9.47 Å². The second-order valence-electron chi connectivity index (χ2n) is 8.54. The standard InChI is InChI=1S/C29H26BrN3O3S/c1-3-35-24-12-10-22(11-13-24)33-28(34)27(31(2)29(33)37)17-20-19-32(26-14-9-21(30)18-25(20)26)15-16-36-23-7-5-4-6-8-23/h4-14,17-19H,3,15-16H2,1-2H3/b27-17-. The van der Waals surface area contributed by atoms with E-state index in [4.69, 9.17) is 21.7 Å². The molecule has 0 atom stereocenters. The number of hydrogen-bond donors (Lipinski definition) is 0. The van der Waals surface area contributed by atoms with Crippen molar-refractivity contribution in [1.29, 1.82) is 0 Å². The third-order valence-electron chi connectivity index (χ3n) is 6.18. The van der Waals surface area contributed by atoms with Crippen LogP contribution < -0.4 is 14.4 Å². The maximum atomic E-state index is 13.5. The van der Waals surface area contributed by atoms with Gasteiger partial charge in [-0.25, -0.2) is 0 Å². The number of carbonyl (C=O) groups is 1. The van der Waals surface area contributed by atoms with Gasteiger partial charge in [-0.3, -0.25) is 9.69 Å². The molecule has 1 fully saturated rings. The van der Waals surface area contributed by atoms with Crippen molar-refractivity contribution in [3.8, 4) is 11.5 Å². The van der Waals surface area contributed by atoms with E-state index in [0.717, 1.165) is 32.4 Å². The number of aromatic nitrogens is 1. The molecule has 37 heavy (non-hydrogen) atoms. The molecule has 1 aliphatic heterocycles. The van der Waals surface area contributed by atoms with Crippen LogP contribution in [0.15, 0.2) is 89.2 Å². The highest BCUT2D eigenvalue weighted by Gasteiger charge is 2.37. The summed E-state index contributed by atoms with van der Waals surface area (Å²) in [5.41, 5.74) is 3.21. The smallest absolute Gasteiger partial charge is 0.281 e. The normalized spacial score (nSPS) is 14.7. The lowest BCUT2D eigenvalue weighted by Crippen LogP contribution is -2.31. The van der Waals surface area contributed by atoms with Crippen molar-refractivity contribution in [3.05, 3.63) is 94.7 Å². The van der Waals surface area contributed by atoms with Crippen LogP contribution in [0.2, 0.25) is 0 Å². The first-order valence-corrected chi connectivity index (χ1v) is 13.2. The Bertz CT molecular complexity index is 1480. The van der Waals surface area contributed by atoms with Gasteiger partial charge in [0, 0.05) is 34.2 Å². The van der Waals surface area contributed by atoms with E-state index in [2.05, 4.69) is 38.8 Å². The highest BCUT2D eigenvalue weighted by Crippen LogP contribution is 2.32. The predicted octanol–water partition coefficient (Wildman–Crippen LogP) is 6.49. The van der Waals surface area contributed by atoms with Crippen LogP contribution in [0, 0.1) is 0 Å². The minimum Gasteiger partial charge on any atom is -0.494 e. The number of ether oxygens (including phenoxy) is 2.